The predicted molar refractivity (Wildman–Crippen MR) is 71.8 cm³/mol. The number of piperazine rings is 1. The smallest absolute Gasteiger partial charge is 0.0476 e. The highest BCUT2D eigenvalue weighted by atomic mass is 35.5. The minimum Gasteiger partial charge on any atom is -0.368 e. The summed E-state index contributed by atoms with van der Waals surface area (Å²) in [5.74, 6) is 1.60. The van der Waals surface area contributed by atoms with Crippen LogP contribution >= 0.6 is 12.4 Å². The van der Waals surface area contributed by atoms with E-state index in [1.165, 1.54) is 25.8 Å². The fourth-order valence-corrected chi connectivity index (χ4v) is 4.33. The lowest BCUT2D eigenvalue weighted by Crippen LogP contribution is -2.58. The average Bonchev–Trinajstić information content (AvgIpc) is 2.68. The number of nitrogens with one attached hydrogen (secondary N) is 1. The van der Waals surface area contributed by atoms with Crippen molar-refractivity contribution in [2.24, 2.45) is 16.8 Å². The van der Waals surface area contributed by atoms with Gasteiger partial charge in [0.1, 0.15) is 0 Å². The molecule has 1 saturated carbocycles. The zero-order chi connectivity index (χ0) is 10.5. The van der Waals surface area contributed by atoms with Crippen LogP contribution in [-0.4, -0.2) is 42.8 Å². The van der Waals surface area contributed by atoms with Crippen LogP contribution < -0.4 is 5.32 Å². The molecule has 4 unspecified atom stereocenters. The lowest BCUT2D eigenvalue weighted by Gasteiger charge is -2.44. The van der Waals surface area contributed by atoms with E-state index in [1.54, 1.807) is 5.70 Å². The molecule has 4 atom stereocenters. The topological polar surface area (TPSA) is 27.6 Å². The molecule has 3 heterocycles. The molecule has 17 heavy (non-hydrogen) atoms. The highest BCUT2D eigenvalue weighted by Gasteiger charge is 2.50. The number of aliphatic imine (C=N–C) groups is 1. The second-order valence-electron chi connectivity index (χ2n) is 5.55. The van der Waals surface area contributed by atoms with Gasteiger partial charge in [-0.05, 0) is 24.8 Å². The van der Waals surface area contributed by atoms with Crippen LogP contribution in [0.1, 0.15) is 19.3 Å². The van der Waals surface area contributed by atoms with Crippen molar-refractivity contribution >= 4 is 18.6 Å². The third-order valence-electron chi connectivity index (χ3n) is 4.90. The molecule has 0 aromatic rings. The Balaban J connectivity index is 0.000000902. The highest BCUT2D eigenvalue weighted by molar-refractivity contribution is 5.85. The molecule has 4 aliphatic rings. The quantitative estimate of drug-likeness (QED) is 0.708. The van der Waals surface area contributed by atoms with E-state index in [1.807, 2.05) is 6.21 Å². The zero-order valence-electron chi connectivity index (χ0n) is 10.0. The van der Waals surface area contributed by atoms with Crippen molar-refractivity contribution in [3.05, 3.63) is 11.8 Å². The molecule has 1 N–H and O–H groups in total. The van der Waals surface area contributed by atoms with Gasteiger partial charge in [0.2, 0.25) is 0 Å². The Bertz CT molecular complexity index is 364. The number of fused-ring (bicyclic) bond motifs is 3. The molecule has 0 aromatic carbocycles. The molecule has 1 aliphatic carbocycles. The van der Waals surface area contributed by atoms with Crippen LogP contribution in [0.25, 0.3) is 0 Å². The van der Waals surface area contributed by atoms with Gasteiger partial charge in [-0.15, -0.1) is 12.4 Å². The molecule has 4 heteroatoms. The van der Waals surface area contributed by atoms with Gasteiger partial charge in [0.15, 0.2) is 0 Å². The zero-order valence-corrected chi connectivity index (χ0v) is 10.8. The Hall–Kier alpha value is -0.540. The maximum atomic E-state index is 4.48. The average molecular weight is 254 g/mol. The number of hydrogen-bond donors (Lipinski definition) is 1. The number of dihydropyridines is 1. The van der Waals surface area contributed by atoms with E-state index in [-0.39, 0.29) is 12.4 Å². The standard InChI is InChI=1S/C13H19N3.ClH/c1-2-9-10-8-14-5-4-12(10)16-7-6-15-11(3-1)13(9)16;/h4-5,9-11,13,15H,1-3,6-8H2;1H. The van der Waals surface area contributed by atoms with Crippen molar-refractivity contribution in [2.45, 2.75) is 31.3 Å². The van der Waals surface area contributed by atoms with Crippen LogP contribution in [0.15, 0.2) is 16.8 Å². The van der Waals surface area contributed by atoms with E-state index < -0.39 is 0 Å². The number of nitrogens with zero attached hydrogens (tertiary/aromatic N) is 2. The Morgan fingerprint density at radius 2 is 2.29 bits per heavy atom. The Morgan fingerprint density at radius 1 is 1.35 bits per heavy atom. The summed E-state index contributed by atoms with van der Waals surface area (Å²) in [4.78, 5) is 7.17. The minimum atomic E-state index is 0. The van der Waals surface area contributed by atoms with E-state index in [9.17, 15) is 0 Å². The third kappa shape index (κ3) is 1.55. The number of halogens is 1. The first-order chi connectivity index (χ1) is 7.95. The summed E-state index contributed by atoms with van der Waals surface area (Å²) in [6, 6.07) is 1.53. The molecule has 3 aliphatic heterocycles. The summed E-state index contributed by atoms with van der Waals surface area (Å²) in [5, 5.41) is 3.72. The van der Waals surface area contributed by atoms with Gasteiger partial charge in [-0.25, -0.2) is 0 Å². The summed E-state index contributed by atoms with van der Waals surface area (Å²) < 4.78 is 0. The second kappa shape index (κ2) is 4.29. The van der Waals surface area contributed by atoms with Gasteiger partial charge in [-0.2, -0.15) is 0 Å². The van der Waals surface area contributed by atoms with Crippen molar-refractivity contribution in [2.75, 3.05) is 19.6 Å². The second-order valence-corrected chi connectivity index (χ2v) is 5.55. The molecule has 0 aromatic heterocycles. The van der Waals surface area contributed by atoms with Gasteiger partial charge in [0.25, 0.3) is 0 Å². The van der Waals surface area contributed by atoms with Crippen molar-refractivity contribution in [1.29, 1.82) is 0 Å². The van der Waals surface area contributed by atoms with Crippen molar-refractivity contribution in [3.63, 3.8) is 0 Å². The molecular formula is C13H20ClN3. The van der Waals surface area contributed by atoms with Gasteiger partial charge in [0, 0.05) is 49.5 Å². The maximum absolute atomic E-state index is 4.48. The van der Waals surface area contributed by atoms with Crippen molar-refractivity contribution in [1.82, 2.24) is 10.2 Å². The molecule has 2 saturated heterocycles. The first-order valence-electron chi connectivity index (χ1n) is 6.65. The molecule has 3 fully saturated rings. The fraction of sp³-hybridized carbons (Fsp3) is 0.769. The first kappa shape index (κ1) is 11.5. The lowest BCUT2D eigenvalue weighted by atomic mass is 9.76. The minimum absolute atomic E-state index is 0. The Morgan fingerprint density at radius 3 is 3.24 bits per heavy atom. The number of rotatable bonds is 0. The van der Waals surface area contributed by atoms with Crippen molar-refractivity contribution in [3.8, 4) is 0 Å². The predicted octanol–water partition coefficient (Wildman–Crippen LogP) is 1.45. The number of hydrogen-bond acceptors (Lipinski definition) is 3. The lowest BCUT2D eigenvalue weighted by molar-refractivity contribution is 0.113. The van der Waals surface area contributed by atoms with E-state index in [4.69, 9.17) is 0 Å². The summed E-state index contributed by atoms with van der Waals surface area (Å²) in [6.07, 6.45) is 8.48. The summed E-state index contributed by atoms with van der Waals surface area (Å²) >= 11 is 0. The molecule has 0 radical (unpaired) electrons. The Labute approximate surface area is 109 Å². The van der Waals surface area contributed by atoms with Gasteiger partial charge in [-0.1, -0.05) is 6.42 Å². The first-order valence-corrected chi connectivity index (χ1v) is 6.65. The highest BCUT2D eigenvalue weighted by Crippen LogP contribution is 2.47. The van der Waals surface area contributed by atoms with Gasteiger partial charge in [0.05, 0.1) is 0 Å². The third-order valence-corrected chi connectivity index (χ3v) is 4.90. The van der Waals surface area contributed by atoms with Crippen LogP contribution in [0.3, 0.4) is 0 Å². The SMILES string of the molecule is C1=NCC2C(=C1)N1CCNC3CCCC2C31.Cl. The number of allylic oxidation sites excluding steroid dienone is 1. The molecule has 0 spiro atoms. The van der Waals surface area contributed by atoms with Gasteiger partial charge in [-0.3, -0.25) is 4.99 Å². The Kier molecular flexibility index (Phi) is 2.91. The van der Waals surface area contributed by atoms with E-state index in [2.05, 4.69) is 21.3 Å². The van der Waals surface area contributed by atoms with E-state index >= 15 is 0 Å². The molecular weight excluding hydrogens is 234 g/mol. The van der Waals surface area contributed by atoms with E-state index in [0.29, 0.717) is 0 Å². The van der Waals surface area contributed by atoms with Crippen molar-refractivity contribution < 1.29 is 0 Å². The summed E-state index contributed by atoms with van der Waals surface area (Å²) in [5.41, 5.74) is 1.60. The normalized spacial score (nSPS) is 42.4. The summed E-state index contributed by atoms with van der Waals surface area (Å²) in [7, 11) is 0. The van der Waals surface area contributed by atoms with Crippen LogP contribution in [0.5, 0.6) is 0 Å². The monoisotopic (exact) mass is 253 g/mol. The molecule has 94 valence electrons. The fourth-order valence-electron chi connectivity index (χ4n) is 4.33. The summed E-state index contributed by atoms with van der Waals surface area (Å²) in [6.45, 7) is 3.40. The van der Waals surface area contributed by atoms with Crippen LogP contribution in [0, 0.1) is 11.8 Å². The molecule has 0 bridgehead atoms. The maximum Gasteiger partial charge on any atom is 0.0476 e. The molecule has 4 rings (SSSR count). The molecule has 0 amide bonds. The van der Waals surface area contributed by atoms with Crippen LogP contribution in [0.2, 0.25) is 0 Å². The van der Waals surface area contributed by atoms with E-state index in [0.717, 1.165) is 37.0 Å². The largest absolute Gasteiger partial charge is 0.368 e. The van der Waals surface area contributed by atoms with Gasteiger partial charge >= 0.3 is 0 Å². The van der Waals surface area contributed by atoms with Gasteiger partial charge < -0.3 is 10.2 Å². The molecule has 3 nitrogen and oxygen atoms in total. The van der Waals surface area contributed by atoms with Crippen LogP contribution in [-0.2, 0) is 0 Å². The van der Waals surface area contributed by atoms with Crippen LogP contribution in [0.4, 0.5) is 0 Å².